The molecule has 0 aromatic rings. The minimum absolute atomic E-state index is 0.0215. The van der Waals surface area contributed by atoms with Crippen LogP contribution in [0.3, 0.4) is 0 Å². The molecule has 92 valence electrons. The fourth-order valence-corrected chi connectivity index (χ4v) is 1.12. The minimum atomic E-state index is -0.411. The van der Waals surface area contributed by atoms with Gasteiger partial charge in [-0.3, -0.25) is 14.5 Å². The first-order valence-corrected chi connectivity index (χ1v) is 5.09. The van der Waals surface area contributed by atoms with Gasteiger partial charge in [0.25, 0.3) is 0 Å². The van der Waals surface area contributed by atoms with E-state index in [2.05, 4.69) is 9.47 Å². The van der Waals surface area contributed by atoms with Gasteiger partial charge in [-0.25, -0.2) is 0 Å². The maximum atomic E-state index is 11.1. The van der Waals surface area contributed by atoms with Crippen LogP contribution in [0.15, 0.2) is 11.1 Å². The van der Waals surface area contributed by atoms with E-state index >= 15 is 0 Å². The zero-order chi connectivity index (χ0) is 12.6. The van der Waals surface area contributed by atoms with Crippen molar-refractivity contribution in [1.29, 1.82) is 0 Å². The van der Waals surface area contributed by atoms with Crippen molar-refractivity contribution in [3.63, 3.8) is 0 Å². The summed E-state index contributed by atoms with van der Waals surface area (Å²) in [7, 11) is 2.59. The molecular formula is C10H16ClNO4. The summed E-state index contributed by atoms with van der Waals surface area (Å²) >= 11 is 5.52. The average Bonchev–Trinajstić information content (AvgIpc) is 2.28. The highest BCUT2D eigenvalue weighted by Gasteiger charge is 2.15. The summed E-state index contributed by atoms with van der Waals surface area (Å²) < 4.78 is 9.05. The first kappa shape index (κ1) is 14.9. The van der Waals surface area contributed by atoms with Crippen molar-refractivity contribution in [1.82, 2.24) is 4.90 Å². The van der Waals surface area contributed by atoms with E-state index < -0.39 is 11.9 Å². The molecule has 5 nitrogen and oxygen atoms in total. The molecule has 0 aliphatic heterocycles. The third kappa shape index (κ3) is 6.42. The Morgan fingerprint density at radius 2 is 1.56 bits per heavy atom. The van der Waals surface area contributed by atoms with Gasteiger partial charge in [0, 0.05) is 12.1 Å². The van der Waals surface area contributed by atoms with Crippen LogP contribution in [0, 0.1) is 0 Å². The van der Waals surface area contributed by atoms with Crippen LogP contribution in [0.1, 0.15) is 6.92 Å². The lowest BCUT2D eigenvalue weighted by Gasteiger charge is -2.19. The molecule has 0 N–H and O–H groups in total. The predicted octanol–water partition coefficient (Wildman–Crippen LogP) is 0.777. The lowest BCUT2D eigenvalue weighted by molar-refractivity contribution is -0.145. The highest BCUT2D eigenvalue weighted by Crippen LogP contribution is 2.01. The van der Waals surface area contributed by atoms with Gasteiger partial charge < -0.3 is 9.47 Å². The summed E-state index contributed by atoms with van der Waals surface area (Å²) in [5.74, 6) is -0.822. The van der Waals surface area contributed by atoms with Crippen LogP contribution in [-0.4, -0.2) is 50.7 Å². The quantitative estimate of drug-likeness (QED) is 0.651. The largest absolute Gasteiger partial charge is 0.468 e. The smallest absolute Gasteiger partial charge is 0.319 e. The first-order chi connectivity index (χ1) is 7.53. The Labute approximate surface area is 99.9 Å². The number of ether oxygens (including phenoxy) is 2. The van der Waals surface area contributed by atoms with E-state index in [-0.39, 0.29) is 13.1 Å². The average molecular weight is 250 g/mol. The lowest BCUT2D eigenvalue weighted by Crippen LogP contribution is -2.36. The highest BCUT2D eigenvalue weighted by atomic mass is 35.5. The second-order valence-electron chi connectivity index (χ2n) is 3.25. The summed E-state index contributed by atoms with van der Waals surface area (Å²) in [6.45, 7) is 2.25. The Hall–Kier alpha value is -1.07. The first-order valence-electron chi connectivity index (χ1n) is 4.65. The van der Waals surface area contributed by atoms with E-state index in [0.29, 0.717) is 6.54 Å². The van der Waals surface area contributed by atoms with E-state index in [1.54, 1.807) is 11.8 Å². The minimum Gasteiger partial charge on any atom is -0.468 e. The Kier molecular flexibility index (Phi) is 7.58. The number of halogens is 1. The Bertz CT molecular complexity index is 260. The Balaban J connectivity index is 4.38. The van der Waals surface area contributed by atoms with Crippen LogP contribution in [0.2, 0.25) is 0 Å². The molecule has 0 atom stereocenters. The summed E-state index contributed by atoms with van der Waals surface area (Å²) in [6, 6.07) is 0. The number of hydrogen-bond acceptors (Lipinski definition) is 5. The molecule has 0 aromatic carbocycles. The number of methoxy groups -OCH3 is 2. The van der Waals surface area contributed by atoms with Crippen molar-refractivity contribution in [3.8, 4) is 0 Å². The van der Waals surface area contributed by atoms with Gasteiger partial charge in [-0.05, 0) is 12.5 Å². The molecule has 0 fully saturated rings. The number of nitrogens with zero attached hydrogens (tertiary/aromatic N) is 1. The number of carbonyl (C=O) groups is 2. The molecule has 6 heteroatoms. The molecule has 0 rings (SSSR count). The maximum Gasteiger partial charge on any atom is 0.319 e. The van der Waals surface area contributed by atoms with Crippen LogP contribution in [0.5, 0.6) is 0 Å². The number of hydrogen-bond donors (Lipinski definition) is 0. The molecule has 0 radical (unpaired) electrons. The molecule has 0 saturated carbocycles. The Morgan fingerprint density at radius 3 is 1.88 bits per heavy atom. The van der Waals surface area contributed by atoms with E-state index in [0.717, 1.165) is 5.57 Å². The number of esters is 2. The van der Waals surface area contributed by atoms with E-state index in [1.807, 2.05) is 0 Å². The van der Waals surface area contributed by atoms with Crippen LogP contribution < -0.4 is 0 Å². The topological polar surface area (TPSA) is 55.8 Å². The second kappa shape index (κ2) is 8.13. The van der Waals surface area contributed by atoms with Crippen molar-refractivity contribution < 1.29 is 19.1 Å². The third-order valence-electron chi connectivity index (χ3n) is 1.82. The molecule has 16 heavy (non-hydrogen) atoms. The SMILES string of the molecule is COC(=O)CN(CC(=O)OC)CC(C)=CCl. The molecule has 0 unspecified atom stereocenters. The molecule has 0 heterocycles. The zero-order valence-corrected chi connectivity index (χ0v) is 10.4. The fourth-order valence-electron chi connectivity index (χ4n) is 1.05. The summed E-state index contributed by atoms with van der Waals surface area (Å²) in [6.07, 6.45) is 0. The van der Waals surface area contributed by atoms with Crippen molar-refractivity contribution >= 4 is 23.5 Å². The molecule has 0 bridgehead atoms. The molecule has 0 spiro atoms. The van der Waals surface area contributed by atoms with Gasteiger partial charge >= 0.3 is 11.9 Å². The standard InChI is InChI=1S/C10H16ClNO4/c1-8(4-11)5-12(6-9(13)15-2)7-10(14)16-3/h4H,5-7H2,1-3H3. The summed E-state index contributed by atoms with van der Waals surface area (Å²) in [5, 5.41) is 0. The molecular weight excluding hydrogens is 234 g/mol. The van der Waals surface area contributed by atoms with Gasteiger partial charge in [-0.15, -0.1) is 0 Å². The van der Waals surface area contributed by atoms with Gasteiger partial charge in [0.15, 0.2) is 0 Å². The predicted molar refractivity (Wildman–Crippen MR) is 60.1 cm³/mol. The normalized spacial score (nSPS) is 11.4. The fraction of sp³-hybridized carbons (Fsp3) is 0.600. The van der Waals surface area contributed by atoms with Crippen molar-refractivity contribution in [2.24, 2.45) is 0 Å². The van der Waals surface area contributed by atoms with E-state index in [4.69, 9.17) is 11.6 Å². The van der Waals surface area contributed by atoms with Crippen LogP contribution in [-0.2, 0) is 19.1 Å². The molecule has 0 aliphatic carbocycles. The number of rotatable bonds is 6. The molecule has 0 amide bonds. The van der Waals surface area contributed by atoms with Crippen molar-refractivity contribution in [3.05, 3.63) is 11.1 Å². The second-order valence-corrected chi connectivity index (χ2v) is 3.47. The number of carbonyl (C=O) groups excluding carboxylic acids is 2. The van der Waals surface area contributed by atoms with Crippen LogP contribution in [0.4, 0.5) is 0 Å². The third-order valence-corrected chi connectivity index (χ3v) is 2.19. The van der Waals surface area contributed by atoms with Gasteiger partial charge in [0.1, 0.15) is 0 Å². The molecule has 0 aromatic heterocycles. The van der Waals surface area contributed by atoms with Gasteiger partial charge in [-0.1, -0.05) is 11.6 Å². The summed E-state index contributed by atoms with van der Waals surface area (Å²) in [4.78, 5) is 23.8. The van der Waals surface area contributed by atoms with Crippen molar-refractivity contribution in [2.75, 3.05) is 33.9 Å². The molecule has 0 aliphatic rings. The summed E-state index contributed by atoms with van der Waals surface area (Å²) in [5.41, 5.74) is 2.25. The van der Waals surface area contributed by atoms with Crippen LogP contribution >= 0.6 is 11.6 Å². The van der Waals surface area contributed by atoms with E-state index in [1.165, 1.54) is 19.8 Å². The van der Waals surface area contributed by atoms with Gasteiger partial charge in [-0.2, -0.15) is 0 Å². The van der Waals surface area contributed by atoms with Gasteiger partial charge in [0.05, 0.1) is 27.3 Å². The molecule has 0 saturated heterocycles. The van der Waals surface area contributed by atoms with Crippen LogP contribution in [0.25, 0.3) is 0 Å². The monoisotopic (exact) mass is 249 g/mol. The Morgan fingerprint density at radius 1 is 1.12 bits per heavy atom. The van der Waals surface area contributed by atoms with Gasteiger partial charge in [0.2, 0.25) is 0 Å². The van der Waals surface area contributed by atoms with Crippen molar-refractivity contribution in [2.45, 2.75) is 6.92 Å². The zero-order valence-electron chi connectivity index (χ0n) is 9.66. The maximum absolute atomic E-state index is 11.1. The highest BCUT2D eigenvalue weighted by molar-refractivity contribution is 6.25. The van der Waals surface area contributed by atoms with E-state index in [9.17, 15) is 9.59 Å². The lowest BCUT2D eigenvalue weighted by atomic mass is 10.3.